The number of hydrogen-bond donors (Lipinski definition) is 4. The summed E-state index contributed by atoms with van der Waals surface area (Å²) in [6, 6.07) is 18.2. The van der Waals surface area contributed by atoms with Gasteiger partial charge >= 0.3 is 0 Å². The van der Waals surface area contributed by atoms with E-state index in [0.717, 1.165) is 4.31 Å². The lowest BCUT2D eigenvalue weighted by Crippen LogP contribution is -2.29. The second-order valence-electron chi connectivity index (χ2n) is 7.87. The van der Waals surface area contributed by atoms with E-state index >= 15 is 0 Å². The summed E-state index contributed by atoms with van der Waals surface area (Å²) in [4.78, 5) is 21.4. The van der Waals surface area contributed by atoms with Crippen LogP contribution in [0, 0.1) is 0 Å². The number of alkyl halides is 1. The molecule has 0 radical (unpaired) electrons. The first-order chi connectivity index (χ1) is 18.4. The maximum Gasteiger partial charge on any atom is 0.238 e. The number of amides is 1. The van der Waals surface area contributed by atoms with E-state index in [2.05, 4.69) is 25.9 Å². The lowest BCUT2D eigenvalue weighted by atomic mass is 10.2. The van der Waals surface area contributed by atoms with Crippen LogP contribution in [0.5, 0.6) is 5.75 Å². The number of aromatic nitrogens is 2. The molecule has 1 amide bonds. The first-order valence-electron chi connectivity index (χ1n) is 11.4. The van der Waals surface area contributed by atoms with Gasteiger partial charge in [0.2, 0.25) is 16.8 Å². The number of halogens is 2. The van der Waals surface area contributed by atoms with Crippen LogP contribution in [-0.2, 0) is 15.7 Å². The fraction of sp³-hybridized carbons (Fsp3) is 0.160. The summed E-state index contributed by atoms with van der Waals surface area (Å²) < 4.78 is 43.8. The Morgan fingerprint density at radius 1 is 1.05 bits per heavy atom. The molecule has 1 heterocycles. The van der Waals surface area contributed by atoms with Crippen molar-refractivity contribution in [2.75, 3.05) is 41.8 Å². The molecule has 3 N–H and O–H groups in total. The van der Waals surface area contributed by atoms with Gasteiger partial charge in [-0.05, 0) is 42.5 Å². The van der Waals surface area contributed by atoms with E-state index in [1.807, 2.05) is 0 Å². The molecule has 0 saturated carbocycles. The number of para-hydroxylation sites is 2. The number of carbonyl (C=O) groups is 1. The summed E-state index contributed by atoms with van der Waals surface area (Å²) in [5.74, 6) is 0.243. The number of nitrogens with one attached hydrogen (secondary N) is 3. The van der Waals surface area contributed by atoms with Crippen LogP contribution in [0.4, 0.5) is 33.1 Å². The van der Waals surface area contributed by atoms with Crippen molar-refractivity contribution in [2.45, 2.75) is 0 Å². The highest BCUT2D eigenvalue weighted by Crippen LogP contribution is 2.36. The van der Waals surface area contributed by atoms with Crippen LogP contribution in [0.3, 0.4) is 0 Å². The lowest BCUT2D eigenvalue weighted by Gasteiger charge is -2.21. The van der Waals surface area contributed by atoms with E-state index in [4.69, 9.17) is 16.3 Å². The van der Waals surface area contributed by atoms with Crippen LogP contribution in [0.1, 0.15) is 0 Å². The number of carbonyl (C=O) groups excluding carboxylic acids is 1. The van der Waals surface area contributed by atoms with E-state index in [9.17, 15) is 17.6 Å². The van der Waals surface area contributed by atoms with Gasteiger partial charge in [0.15, 0.2) is 11.6 Å². The third-order valence-electron chi connectivity index (χ3n) is 5.27. The van der Waals surface area contributed by atoms with Crippen molar-refractivity contribution in [3.8, 4) is 5.75 Å². The number of fused-ring (bicyclic) bond motifs is 1. The van der Waals surface area contributed by atoms with Gasteiger partial charge in [0.25, 0.3) is 0 Å². The third kappa shape index (κ3) is 6.46. The number of rotatable bonds is 11. The Bertz CT molecular complexity index is 1530. The zero-order valence-corrected chi connectivity index (χ0v) is 21.8. The molecular formula is C25H24ClFN6O4S. The van der Waals surface area contributed by atoms with Crippen molar-refractivity contribution >= 4 is 68.1 Å². The van der Waals surface area contributed by atoms with Gasteiger partial charge in [-0.2, -0.15) is 0 Å². The molecule has 1 aromatic heterocycles. The highest BCUT2D eigenvalue weighted by Gasteiger charge is 2.22. The Labute approximate surface area is 224 Å². The van der Waals surface area contributed by atoms with Gasteiger partial charge in [0.1, 0.15) is 12.4 Å². The predicted octanol–water partition coefficient (Wildman–Crippen LogP) is 4.20. The molecule has 0 aliphatic heterocycles. The average Bonchev–Trinajstić information content (AvgIpc) is 2.90. The minimum absolute atomic E-state index is 0.00760. The Balaban J connectivity index is 1.77. The standard InChI is InChI=1S/C25H24ClFN6O4S/c1-37-18-9-10-19(26)22(14-18)31-24-25(32-21-8-3-2-7-20(21)30-24)33(38(35)36)17-6-4-5-16(13-17)29-23(34)15-28-12-11-27/h2-10,13-14,28,38H,11-12,15H2,1H3,(H,29,34)(H,30,31). The van der Waals surface area contributed by atoms with Crippen molar-refractivity contribution in [2.24, 2.45) is 0 Å². The molecule has 0 unspecified atom stereocenters. The smallest absolute Gasteiger partial charge is 0.238 e. The molecule has 38 heavy (non-hydrogen) atoms. The second-order valence-corrected chi connectivity index (χ2v) is 9.15. The molecule has 0 aliphatic carbocycles. The molecule has 4 rings (SSSR count). The molecule has 4 aromatic rings. The van der Waals surface area contributed by atoms with Crippen molar-refractivity contribution in [1.82, 2.24) is 15.3 Å². The zero-order valence-electron chi connectivity index (χ0n) is 20.1. The molecule has 0 bridgehead atoms. The molecule has 0 saturated heterocycles. The van der Waals surface area contributed by atoms with Gasteiger partial charge in [-0.3, -0.25) is 4.79 Å². The van der Waals surface area contributed by atoms with E-state index in [1.54, 1.807) is 60.7 Å². The number of thiol groups is 1. The Morgan fingerprint density at radius 3 is 2.53 bits per heavy atom. The normalized spacial score (nSPS) is 10.9. The maximum atomic E-state index is 12.6. The Kier molecular flexibility index (Phi) is 8.89. The molecule has 0 spiro atoms. The fourth-order valence-corrected chi connectivity index (χ4v) is 4.33. The number of methoxy groups -OCH3 is 1. The lowest BCUT2D eigenvalue weighted by molar-refractivity contribution is -0.115. The summed E-state index contributed by atoms with van der Waals surface area (Å²) in [6.45, 7) is -0.650. The molecule has 10 nitrogen and oxygen atoms in total. The molecule has 0 aliphatic rings. The van der Waals surface area contributed by atoms with Crippen molar-refractivity contribution in [1.29, 1.82) is 0 Å². The van der Waals surface area contributed by atoms with Crippen molar-refractivity contribution in [3.63, 3.8) is 0 Å². The Hall–Kier alpha value is -4.00. The largest absolute Gasteiger partial charge is 0.497 e. The van der Waals surface area contributed by atoms with E-state index in [1.165, 1.54) is 13.2 Å². The number of ether oxygens (including phenoxy) is 1. The molecule has 3 aromatic carbocycles. The monoisotopic (exact) mass is 558 g/mol. The molecule has 0 atom stereocenters. The molecule has 0 fully saturated rings. The number of anilines is 5. The zero-order chi connectivity index (χ0) is 27.1. The number of hydrogen-bond acceptors (Lipinski definition) is 8. The average molecular weight is 559 g/mol. The quantitative estimate of drug-likeness (QED) is 0.159. The molecule has 198 valence electrons. The van der Waals surface area contributed by atoms with Gasteiger partial charge < -0.3 is 20.7 Å². The summed E-state index contributed by atoms with van der Waals surface area (Å²) in [5, 5.41) is 8.76. The SMILES string of the molecule is COc1ccc(Cl)c(Nc2nc3ccccc3nc2N(c2cccc(NC(=O)CNCCF)c2)[SH](=O)=O)c1. The van der Waals surface area contributed by atoms with Crippen LogP contribution in [0.2, 0.25) is 5.02 Å². The van der Waals surface area contributed by atoms with Crippen LogP contribution >= 0.6 is 11.6 Å². The minimum atomic E-state index is -3.26. The molecule has 13 heteroatoms. The van der Waals surface area contributed by atoms with Gasteiger partial charge in [0.05, 0.1) is 41.1 Å². The van der Waals surface area contributed by atoms with E-state index < -0.39 is 23.5 Å². The van der Waals surface area contributed by atoms with E-state index in [0.29, 0.717) is 33.2 Å². The van der Waals surface area contributed by atoms with Crippen LogP contribution in [-0.4, -0.2) is 51.2 Å². The van der Waals surface area contributed by atoms with Crippen molar-refractivity contribution < 1.29 is 22.3 Å². The highest BCUT2D eigenvalue weighted by atomic mass is 35.5. The number of benzene rings is 3. The first-order valence-corrected chi connectivity index (χ1v) is 12.9. The summed E-state index contributed by atoms with van der Waals surface area (Å²) in [6.07, 6.45) is 0. The minimum Gasteiger partial charge on any atom is -0.497 e. The first kappa shape index (κ1) is 27.0. The van der Waals surface area contributed by atoms with Gasteiger partial charge in [-0.15, -0.1) is 0 Å². The fourth-order valence-electron chi connectivity index (χ4n) is 3.56. The van der Waals surface area contributed by atoms with Crippen LogP contribution < -0.4 is 25.0 Å². The van der Waals surface area contributed by atoms with Crippen molar-refractivity contribution in [3.05, 3.63) is 71.8 Å². The van der Waals surface area contributed by atoms with Gasteiger partial charge in [-0.25, -0.2) is 27.1 Å². The molecular weight excluding hydrogens is 535 g/mol. The van der Waals surface area contributed by atoms with Gasteiger partial charge in [0, 0.05) is 18.3 Å². The summed E-state index contributed by atoms with van der Waals surface area (Å²) in [7, 11) is -1.74. The van der Waals surface area contributed by atoms with Crippen LogP contribution in [0.25, 0.3) is 11.0 Å². The summed E-state index contributed by atoms with van der Waals surface area (Å²) >= 11 is 6.38. The summed E-state index contributed by atoms with van der Waals surface area (Å²) in [5.41, 5.74) is 1.98. The third-order valence-corrected chi connectivity index (χ3v) is 6.35. The van der Waals surface area contributed by atoms with Crippen LogP contribution in [0.15, 0.2) is 66.7 Å². The highest BCUT2D eigenvalue weighted by molar-refractivity contribution is 7.74. The number of nitrogens with zero attached hydrogens (tertiary/aromatic N) is 3. The topological polar surface area (TPSA) is 126 Å². The second kappa shape index (κ2) is 12.5. The van der Waals surface area contributed by atoms with Gasteiger partial charge in [-0.1, -0.05) is 29.8 Å². The predicted molar refractivity (Wildman–Crippen MR) is 147 cm³/mol. The maximum absolute atomic E-state index is 12.6. The Morgan fingerprint density at radius 2 is 1.82 bits per heavy atom. The van der Waals surface area contributed by atoms with E-state index in [-0.39, 0.29) is 30.4 Å².